The lowest BCUT2D eigenvalue weighted by Crippen LogP contribution is -2.45. The lowest BCUT2D eigenvalue weighted by Gasteiger charge is -2.32. The predicted molar refractivity (Wildman–Crippen MR) is 174 cm³/mol. The smallest absolute Gasteiger partial charge is 0.444 e. The second-order valence-corrected chi connectivity index (χ2v) is 14.6. The number of hydrogen-bond acceptors (Lipinski definition) is 5. The van der Waals surface area contributed by atoms with E-state index >= 15 is 0 Å². The highest BCUT2D eigenvalue weighted by molar-refractivity contribution is 6.62. The van der Waals surface area contributed by atoms with Crippen molar-refractivity contribution in [3.63, 3.8) is 0 Å². The number of carbonyl (C=O) groups is 1. The Morgan fingerprint density at radius 3 is 2.21 bits per heavy atom. The molecule has 0 spiro atoms. The summed E-state index contributed by atoms with van der Waals surface area (Å²) in [4.78, 5) is 19.8. The summed E-state index contributed by atoms with van der Waals surface area (Å²) in [6, 6.07) is 22.1. The summed E-state index contributed by atoms with van der Waals surface area (Å²) in [6.45, 7) is 14.1. The molecule has 7 heteroatoms. The van der Waals surface area contributed by atoms with Crippen LogP contribution in [0.5, 0.6) is 0 Å². The summed E-state index contributed by atoms with van der Waals surface area (Å²) < 4.78 is 18.3. The minimum absolute atomic E-state index is 0.0366. The molecule has 1 amide bonds. The van der Waals surface area contributed by atoms with Gasteiger partial charge < -0.3 is 14.0 Å². The van der Waals surface area contributed by atoms with Crippen LogP contribution in [-0.4, -0.2) is 52.7 Å². The van der Waals surface area contributed by atoms with E-state index in [2.05, 4.69) is 88.4 Å². The molecule has 3 atom stereocenters. The SMILES string of the molecule is CC(C)(C)OC(=O)N1[C@@H]2C[C@@H]2C[C@H]1C1=NC=C(c2ccc(-c3ccc4cc(B5OC(C)(C)C(C)(C)O5)ccc4c3)cc2)C1. The van der Waals surface area contributed by atoms with Crippen molar-refractivity contribution in [1.29, 1.82) is 0 Å². The molecule has 4 aliphatic rings. The molecular formula is C36H41BN2O4. The number of aliphatic imine (C=N–C) groups is 1. The molecule has 43 heavy (non-hydrogen) atoms. The highest BCUT2D eigenvalue weighted by Gasteiger charge is 2.56. The molecule has 3 aromatic carbocycles. The molecule has 0 bridgehead atoms. The summed E-state index contributed by atoms with van der Waals surface area (Å²) in [5.74, 6) is 0.584. The van der Waals surface area contributed by atoms with Gasteiger partial charge in [0.25, 0.3) is 0 Å². The van der Waals surface area contributed by atoms with Crippen LogP contribution in [0.1, 0.15) is 73.3 Å². The van der Waals surface area contributed by atoms with Gasteiger partial charge in [0.1, 0.15) is 5.60 Å². The van der Waals surface area contributed by atoms with Crippen molar-refractivity contribution in [1.82, 2.24) is 4.90 Å². The van der Waals surface area contributed by atoms with Crippen LogP contribution in [-0.2, 0) is 14.0 Å². The highest BCUT2D eigenvalue weighted by atomic mass is 16.7. The molecule has 3 aliphatic heterocycles. The molecule has 0 N–H and O–H groups in total. The number of hydrogen-bond donors (Lipinski definition) is 0. The topological polar surface area (TPSA) is 60.4 Å². The maximum absolute atomic E-state index is 13.0. The minimum Gasteiger partial charge on any atom is -0.444 e. The van der Waals surface area contributed by atoms with Crippen LogP contribution >= 0.6 is 0 Å². The number of nitrogens with zero attached hydrogens (tertiary/aromatic N) is 2. The van der Waals surface area contributed by atoms with Crippen LogP contribution in [0.4, 0.5) is 4.79 Å². The molecule has 0 unspecified atom stereocenters. The molecule has 1 aliphatic carbocycles. The third-order valence-electron chi connectivity index (χ3n) is 9.83. The quantitative estimate of drug-likeness (QED) is 0.304. The number of rotatable bonds is 4. The van der Waals surface area contributed by atoms with Crippen molar-refractivity contribution in [2.45, 2.75) is 96.6 Å². The van der Waals surface area contributed by atoms with E-state index in [1.165, 1.54) is 33.0 Å². The first-order valence-electron chi connectivity index (χ1n) is 15.6. The Balaban J connectivity index is 1.03. The van der Waals surface area contributed by atoms with Gasteiger partial charge in [0.05, 0.1) is 17.2 Å². The van der Waals surface area contributed by atoms with Crippen molar-refractivity contribution < 1.29 is 18.8 Å². The maximum atomic E-state index is 13.0. The van der Waals surface area contributed by atoms with Crippen molar-refractivity contribution in [2.24, 2.45) is 10.9 Å². The summed E-state index contributed by atoms with van der Waals surface area (Å²) in [5.41, 5.74) is 5.61. The van der Waals surface area contributed by atoms with Gasteiger partial charge in [0.2, 0.25) is 0 Å². The first kappa shape index (κ1) is 28.4. The van der Waals surface area contributed by atoms with Crippen LogP contribution < -0.4 is 5.46 Å². The normalized spacial score (nSPS) is 25.5. The van der Waals surface area contributed by atoms with E-state index in [1.54, 1.807) is 0 Å². The Morgan fingerprint density at radius 1 is 0.884 bits per heavy atom. The predicted octanol–water partition coefficient (Wildman–Crippen LogP) is 7.39. The van der Waals surface area contributed by atoms with E-state index in [-0.39, 0.29) is 30.5 Å². The van der Waals surface area contributed by atoms with Gasteiger partial charge in [-0.05, 0) is 112 Å². The molecule has 0 radical (unpaired) electrons. The molecule has 0 aromatic heterocycles. The molecule has 7 rings (SSSR count). The zero-order valence-corrected chi connectivity index (χ0v) is 26.3. The number of amides is 1. The molecular weight excluding hydrogens is 535 g/mol. The zero-order valence-electron chi connectivity index (χ0n) is 26.3. The summed E-state index contributed by atoms with van der Waals surface area (Å²) >= 11 is 0. The molecule has 1 saturated carbocycles. The van der Waals surface area contributed by atoms with E-state index in [4.69, 9.17) is 19.0 Å². The number of allylic oxidation sites excluding steroid dienone is 1. The molecule has 3 heterocycles. The third-order valence-corrected chi connectivity index (χ3v) is 9.83. The fraction of sp³-hybridized carbons (Fsp3) is 0.444. The molecule has 6 nitrogen and oxygen atoms in total. The second kappa shape index (κ2) is 9.80. The fourth-order valence-electron chi connectivity index (χ4n) is 6.60. The Morgan fingerprint density at radius 2 is 1.51 bits per heavy atom. The average Bonchev–Trinajstić information content (AvgIpc) is 3.27. The van der Waals surface area contributed by atoms with E-state index in [0.29, 0.717) is 12.0 Å². The number of ether oxygens (including phenoxy) is 1. The first-order valence-corrected chi connectivity index (χ1v) is 15.6. The number of likely N-dealkylation sites (tertiary alicyclic amines) is 1. The summed E-state index contributed by atoms with van der Waals surface area (Å²) in [5, 5.41) is 2.35. The van der Waals surface area contributed by atoms with Gasteiger partial charge in [-0.1, -0.05) is 54.6 Å². The number of piperidine rings is 1. The molecule has 2 saturated heterocycles. The highest BCUT2D eigenvalue weighted by Crippen LogP contribution is 2.49. The van der Waals surface area contributed by atoms with Crippen LogP contribution in [0.2, 0.25) is 0 Å². The third kappa shape index (κ3) is 5.21. The van der Waals surface area contributed by atoms with E-state index < -0.39 is 5.60 Å². The van der Waals surface area contributed by atoms with Gasteiger partial charge >= 0.3 is 13.2 Å². The first-order chi connectivity index (χ1) is 20.3. The molecule has 3 fully saturated rings. The Labute approximate surface area is 255 Å². The monoisotopic (exact) mass is 576 g/mol. The maximum Gasteiger partial charge on any atom is 0.494 e. The zero-order chi connectivity index (χ0) is 30.3. The van der Waals surface area contributed by atoms with Crippen LogP contribution in [0.25, 0.3) is 27.5 Å². The molecule has 222 valence electrons. The summed E-state index contributed by atoms with van der Waals surface area (Å²) in [7, 11) is -0.365. The van der Waals surface area contributed by atoms with Crippen LogP contribution in [0.15, 0.2) is 71.9 Å². The largest absolute Gasteiger partial charge is 0.494 e. The van der Waals surface area contributed by atoms with Gasteiger partial charge in [0.15, 0.2) is 0 Å². The Bertz CT molecular complexity index is 1650. The number of benzene rings is 3. The van der Waals surface area contributed by atoms with Crippen LogP contribution in [0, 0.1) is 5.92 Å². The Hall–Kier alpha value is -3.42. The van der Waals surface area contributed by atoms with E-state index in [1.807, 2.05) is 31.9 Å². The lowest BCUT2D eigenvalue weighted by atomic mass is 9.78. The van der Waals surface area contributed by atoms with Gasteiger partial charge in [-0.25, -0.2) is 4.79 Å². The summed E-state index contributed by atoms with van der Waals surface area (Å²) in [6.07, 6.45) is 4.62. The van der Waals surface area contributed by atoms with Crippen molar-refractivity contribution in [3.8, 4) is 11.1 Å². The number of carbonyl (C=O) groups excluding carboxylic acids is 1. The number of fused-ring (bicyclic) bond motifs is 2. The van der Waals surface area contributed by atoms with Gasteiger partial charge in [-0.15, -0.1) is 0 Å². The van der Waals surface area contributed by atoms with Crippen molar-refractivity contribution in [3.05, 3.63) is 72.4 Å². The van der Waals surface area contributed by atoms with Crippen LogP contribution in [0.3, 0.4) is 0 Å². The fourth-order valence-corrected chi connectivity index (χ4v) is 6.60. The van der Waals surface area contributed by atoms with E-state index in [9.17, 15) is 4.79 Å². The van der Waals surface area contributed by atoms with Gasteiger partial charge in [-0.3, -0.25) is 9.89 Å². The second-order valence-electron chi connectivity index (χ2n) is 14.6. The average molecular weight is 577 g/mol. The van der Waals surface area contributed by atoms with Crippen molar-refractivity contribution >= 4 is 40.7 Å². The van der Waals surface area contributed by atoms with Gasteiger partial charge in [-0.2, -0.15) is 0 Å². The minimum atomic E-state index is -0.500. The van der Waals surface area contributed by atoms with Gasteiger partial charge in [0, 0.05) is 24.4 Å². The molecule has 3 aromatic rings. The Kier molecular flexibility index (Phi) is 6.46. The van der Waals surface area contributed by atoms with E-state index in [0.717, 1.165) is 30.4 Å². The lowest BCUT2D eigenvalue weighted by molar-refractivity contribution is 0.00578. The standard InChI is InChI=1S/C36H41BN2O4/c1-34(2,3)41-33(40)39-31-19-27(31)20-32(39)30-18-28(21-38-30)23-10-8-22(9-11-23)24-12-13-26-17-29(15-14-25(26)16-24)37-42-35(4,5)36(6,7)43-37/h8-17,21,27,31-32H,18-20H2,1-7H3/t27-,31-,32+/m1/s1. The van der Waals surface area contributed by atoms with Crippen molar-refractivity contribution in [2.75, 3.05) is 0 Å².